The number of H-pyrrole nitrogens is 1. The Hall–Kier alpha value is -1.03. The maximum Gasteiger partial charge on any atom is 0.126 e. The largest absolute Gasteiger partial charge is 0.340 e. The summed E-state index contributed by atoms with van der Waals surface area (Å²) in [6, 6.07) is 5.37. The summed E-state index contributed by atoms with van der Waals surface area (Å²) in [5, 5.41) is 1.20. The van der Waals surface area contributed by atoms with Gasteiger partial charge in [0.2, 0.25) is 0 Å². The summed E-state index contributed by atoms with van der Waals surface area (Å²) in [7, 11) is 0. The second-order valence-electron chi connectivity index (χ2n) is 4.54. The molecule has 0 bridgehead atoms. The second-order valence-corrected chi connectivity index (χ2v) is 5.38. The molecule has 1 aromatic carbocycles. The van der Waals surface area contributed by atoms with Gasteiger partial charge < -0.3 is 10.7 Å². The Bertz CT molecular complexity index is 561. The van der Waals surface area contributed by atoms with Gasteiger partial charge in [-0.05, 0) is 31.5 Å². The summed E-state index contributed by atoms with van der Waals surface area (Å²) in [5.41, 5.74) is 7.39. The molecule has 0 saturated heterocycles. The average molecular weight is 284 g/mol. The molecule has 0 aliphatic carbocycles. The maximum atomic E-state index is 6.16. The molecule has 0 spiro atoms. The minimum atomic E-state index is -0.461. The first-order chi connectivity index (χ1) is 8.44. The van der Waals surface area contributed by atoms with Crippen LogP contribution in [0, 0.1) is 0 Å². The van der Waals surface area contributed by atoms with E-state index in [-0.39, 0.29) is 0 Å². The van der Waals surface area contributed by atoms with Gasteiger partial charge in [0, 0.05) is 10.6 Å². The van der Waals surface area contributed by atoms with Crippen molar-refractivity contribution in [2.75, 3.05) is 0 Å². The van der Waals surface area contributed by atoms with Crippen molar-refractivity contribution in [2.24, 2.45) is 5.73 Å². The number of hydrogen-bond acceptors (Lipinski definition) is 2. The summed E-state index contributed by atoms with van der Waals surface area (Å²) in [4.78, 5) is 7.54. The number of aromatic amines is 1. The SMILES string of the molecule is CCC(C)(N)c1ncc(-c2ccc(Cl)cc2Cl)[nH]1. The maximum absolute atomic E-state index is 6.16. The number of hydrogen-bond donors (Lipinski definition) is 2. The Morgan fingerprint density at radius 1 is 1.39 bits per heavy atom. The van der Waals surface area contributed by atoms with E-state index in [1.165, 1.54) is 0 Å². The highest BCUT2D eigenvalue weighted by Crippen LogP contribution is 2.30. The van der Waals surface area contributed by atoms with Crippen molar-refractivity contribution in [3.8, 4) is 11.3 Å². The number of imidazole rings is 1. The monoisotopic (exact) mass is 283 g/mol. The third-order valence-corrected chi connectivity index (χ3v) is 3.62. The van der Waals surface area contributed by atoms with Crippen LogP contribution in [0.5, 0.6) is 0 Å². The first-order valence-corrected chi connectivity index (χ1v) is 6.49. The highest BCUT2D eigenvalue weighted by atomic mass is 35.5. The molecule has 0 aliphatic rings. The van der Waals surface area contributed by atoms with Crippen LogP contribution < -0.4 is 5.73 Å². The number of nitrogens with two attached hydrogens (primary N) is 1. The summed E-state index contributed by atoms with van der Waals surface area (Å²) >= 11 is 12.0. The Labute approximate surface area is 116 Å². The first-order valence-electron chi connectivity index (χ1n) is 5.74. The highest BCUT2D eigenvalue weighted by Gasteiger charge is 2.22. The van der Waals surface area contributed by atoms with Gasteiger partial charge in [0.15, 0.2) is 0 Å². The molecule has 1 unspecified atom stereocenters. The fourth-order valence-electron chi connectivity index (χ4n) is 1.62. The molecule has 0 radical (unpaired) electrons. The zero-order valence-electron chi connectivity index (χ0n) is 10.3. The highest BCUT2D eigenvalue weighted by molar-refractivity contribution is 6.36. The van der Waals surface area contributed by atoms with Crippen molar-refractivity contribution < 1.29 is 0 Å². The molecule has 18 heavy (non-hydrogen) atoms. The van der Waals surface area contributed by atoms with Gasteiger partial charge in [0.1, 0.15) is 5.82 Å². The van der Waals surface area contributed by atoms with Crippen LogP contribution in [0.15, 0.2) is 24.4 Å². The van der Waals surface area contributed by atoms with E-state index in [1.807, 2.05) is 19.9 Å². The molecule has 0 amide bonds. The second kappa shape index (κ2) is 4.92. The molecular weight excluding hydrogens is 269 g/mol. The molecule has 1 heterocycles. The van der Waals surface area contributed by atoms with Crippen LogP contribution in [-0.2, 0) is 5.54 Å². The van der Waals surface area contributed by atoms with Crippen LogP contribution in [0.1, 0.15) is 26.1 Å². The van der Waals surface area contributed by atoms with E-state index in [4.69, 9.17) is 28.9 Å². The van der Waals surface area contributed by atoms with Crippen LogP contribution >= 0.6 is 23.2 Å². The van der Waals surface area contributed by atoms with Crippen LogP contribution in [0.2, 0.25) is 10.0 Å². The van der Waals surface area contributed by atoms with E-state index in [9.17, 15) is 0 Å². The lowest BCUT2D eigenvalue weighted by Crippen LogP contribution is -2.33. The van der Waals surface area contributed by atoms with E-state index in [1.54, 1.807) is 18.3 Å². The number of aromatic nitrogens is 2. The van der Waals surface area contributed by atoms with Crippen LogP contribution in [-0.4, -0.2) is 9.97 Å². The van der Waals surface area contributed by atoms with Crippen LogP contribution in [0.3, 0.4) is 0 Å². The van der Waals surface area contributed by atoms with Crippen LogP contribution in [0.25, 0.3) is 11.3 Å². The zero-order valence-corrected chi connectivity index (χ0v) is 11.8. The van der Waals surface area contributed by atoms with Gasteiger partial charge >= 0.3 is 0 Å². The molecule has 1 atom stereocenters. The summed E-state index contributed by atoms with van der Waals surface area (Å²) in [6.07, 6.45) is 2.54. The molecular formula is C13H15Cl2N3. The number of rotatable bonds is 3. The first kappa shape index (κ1) is 13.4. The Kier molecular flexibility index (Phi) is 3.66. The van der Waals surface area contributed by atoms with E-state index >= 15 is 0 Å². The van der Waals surface area contributed by atoms with Gasteiger partial charge in [0.25, 0.3) is 0 Å². The van der Waals surface area contributed by atoms with Gasteiger partial charge in [-0.25, -0.2) is 4.98 Å². The molecule has 5 heteroatoms. The predicted molar refractivity (Wildman–Crippen MR) is 75.9 cm³/mol. The van der Waals surface area contributed by atoms with Gasteiger partial charge in [-0.15, -0.1) is 0 Å². The van der Waals surface area contributed by atoms with Crippen molar-refractivity contribution in [3.63, 3.8) is 0 Å². The van der Waals surface area contributed by atoms with Gasteiger partial charge in [-0.1, -0.05) is 30.1 Å². The van der Waals surface area contributed by atoms with E-state index in [0.717, 1.165) is 23.5 Å². The van der Waals surface area contributed by atoms with Crippen LogP contribution in [0.4, 0.5) is 0 Å². The molecule has 0 fully saturated rings. The number of nitrogens with zero attached hydrogens (tertiary/aromatic N) is 1. The quantitative estimate of drug-likeness (QED) is 0.896. The van der Waals surface area contributed by atoms with Crippen molar-refractivity contribution in [1.29, 1.82) is 0 Å². The molecule has 1 aromatic heterocycles. The van der Waals surface area contributed by atoms with Crippen molar-refractivity contribution in [3.05, 3.63) is 40.3 Å². The lowest BCUT2D eigenvalue weighted by Gasteiger charge is -2.19. The minimum absolute atomic E-state index is 0.461. The normalized spacial score (nSPS) is 14.5. The van der Waals surface area contributed by atoms with Gasteiger partial charge in [0.05, 0.1) is 22.5 Å². The molecule has 0 aliphatic heterocycles. The molecule has 2 rings (SSSR count). The summed E-state index contributed by atoms with van der Waals surface area (Å²) in [5.74, 6) is 0.756. The molecule has 0 saturated carbocycles. The third-order valence-electron chi connectivity index (χ3n) is 3.07. The molecule has 3 nitrogen and oxygen atoms in total. The third kappa shape index (κ3) is 2.53. The van der Waals surface area contributed by atoms with E-state index in [0.29, 0.717) is 10.0 Å². The molecule has 2 aromatic rings. The topological polar surface area (TPSA) is 54.7 Å². The Balaban J connectivity index is 2.41. The standard InChI is InChI=1S/C13H15Cl2N3/c1-3-13(2,16)12-17-7-11(18-12)9-5-4-8(14)6-10(9)15/h4-7H,3,16H2,1-2H3,(H,17,18). The van der Waals surface area contributed by atoms with Crippen molar-refractivity contribution in [1.82, 2.24) is 9.97 Å². The van der Waals surface area contributed by atoms with Crippen molar-refractivity contribution in [2.45, 2.75) is 25.8 Å². The van der Waals surface area contributed by atoms with E-state index in [2.05, 4.69) is 9.97 Å². The van der Waals surface area contributed by atoms with Gasteiger partial charge in [-0.3, -0.25) is 0 Å². The fourth-order valence-corrected chi connectivity index (χ4v) is 2.13. The predicted octanol–water partition coefficient (Wildman–Crippen LogP) is 3.97. The lowest BCUT2D eigenvalue weighted by atomic mass is 10.00. The number of nitrogens with one attached hydrogen (secondary N) is 1. The number of benzene rings is 1. The zero-order chi connectivity index (χ0) is 13.3. The summed E-state index contributed by atoms with van der Waals surface area (Å²) in [6.45, 7) is 3.97. The van der Waals surface area contributed by atoms with Gasteiger partial charge in [-0.2, -0.15) is 0 Å². The average Bonchev–Trinajstić information content (AvgIpc) is 2.79. The Morgan fingerprint density at radius 3 is 2.72 bits per heavy atom. The molecule has 3 N–H and O–H groups in total. The smallest absolute Gasteiger partial charge is 0.126 e. The van der Waals surface area contributed by atoms with Crippen molar-refractivity contribution >= 4 is 23.2 Å². The Morgan fingerprint density at radius 2 is 2.11 bits per heavy atom. The number of halogens is 2. The minimum Gasteiger partial charge on any atom is -0.340 e. The summed E-state index contributed by atoms with van der Waals surface area (Å²) < 4.78 is 0. The molecule has 96 valence electrons. The van der Waals surface area contributed by atoms with E-state index < -0.39 is 5.54 Å². The lowest BCUT2D eigenvalue weighted by molar-refractivity contribution is 0.450. The fraction of sp³-hybridized carbons (Fsp3) is 0.308.